The van der Waals surface area contributed by atoms with Crippen LogP contribution in [0.1, 0.15) is 30.4 Å². The van der Waals surface area contributed by atoms with Crippen LogP contribution in [0.15, 0.2) is 24.3 Å². The van der Waals surface area contributed by atoms with Crippen molar-refractivity contribution < 1.29 is 14.4 Å². The number of carbonyl (C=O) groups excluding carboxylic acids is 3. The van der Waals surface area contributed by atoms with Crippen molar-refractivity contribution in [2.24, 2.45) is 5.92 Å². The highest BCUT2D eigenvalue weighted by Gasteiger charge is 2.52. The highest BCUT2D eigenvalue weighted by atomic mass is 32.2. The van der Waals surface area contributed by atoms with Crippen LogP contribution in [0.3, 0.4) is 0 Å². The molecule has 3 fully saturated rings. The number of imide groups is 1. The fourth-order valence-electron chi connectivity index (χ4n) is 4.20. The molecule has 1 aromatic carbocycles. The minimum atomic E-state index is -0.702. The third-order valence-electron chi connectivity index (χ3n) is 5.82. The van der Waals surface area contributed by atoms with Gasteiger partial charge in [0.2, 0.25) is 5.91 Å². The van der Waals surface area contributed by atoms with Gasteiger partial charge in [0, 0.05) is 32.0 Å². The summed E-state index contributed by atoms with van der Waals surface area (Å²) in [4.78, 5) is 40.9. The predicted octanol–water partition coefficient (Wildman–Crippen LogP) is 2.16. The van der Waals surface area contributed by atoms with E-state index in [2.05, 4.69) is 5.32 Å². The van der Waals surface area contributed by atoms with Crippen LogP contribution < -0.4 is 5.32 Å². The molecule has 4 amide bonds. The molecule has 0 bridgehead atoms. The predicted molar refractivity (Wildman–Crippen MR) is 104 cm³/mol. The first-order chi connectivity index (χ1) is 13.0. The third-order valence-corrected chi connectivity index (χ3v) is 6.81. The van der Waals surface area contributed by atoms with Gasteiger partial charge in [0.1, 0.15) is 5.54 Å². The van der Waals surface area contributed by atoms with Gasteiger partial charge in [0.15, 0.2) is 0 Å². The van der Waals surface area contributed by atoms with Gasteiger partial charge in [-0.25, -0.2) is 4.79 Å². The lowest BCUT2D eigenvalue weighted by Gasteiger charge is -2.30. The first kappa shape index (κ1) is 18.3. The molecular weight excluding hydrogens is 362 g/mol. The molecular formula is C20H25N3O3S. The maximum absolute atomic E-state index is 12.9. The second-order valence-electron chi connectivity index (χ2n) is 7.87. The fraction of sp³-hybridized carbons (Fsp3) is 0.550. The number of likely N-dealkylation sites (tertiary alicyclic amines) is 1. The lowest BCUT2D eigenvalue weighted by atomic mass is 9.92. The maximum Gasteiger partial charge on any atom is 0.325 e. The molecule has 3 heterocycles. The van der Waals surface area contributed by atoms with Crippen LogP contribution in [-0.2, 0) is 16.1 Å². The number of aryl methyl sites for hydroxylation is 1. The smallest absolute Gasteiger partial charge is 0.325 e. The highest BCUT2D eigenvalue weighted by molar-refractivity contribution is 7.99. The molecule has 1 unspecified atom stereocenters. The molecule has 3 aliphatic rings. The Morgan fingerprint density at radius 2 is 1.85 bits per heavy atom. The van der Waals surface area contributed by atoms with Gasteiger partial charge in [-0.05, 0) is 36.8 Å². The number of hydrogen-bond donors (Lipinski definition) is 1. The molecule has 0 saturated carbocycles. The van der Waals surface area contributed by atoms with Crippen molar-refractivity contribution in [3.05, 3.63) is 35.4 Å². The quantitative estimate of drug-likeness (QED) is 0.804. The molecule has 1 aromatic rings. The lowest BCUT2D eigenvalue weighted by molar-refractivity contribution is -0.132. The van der Waals surface area contributed by atoms with Crippen LogP contribution in [0.2, 0.25) is 0 Å². The number of amides is 4. The minimum Gasteiger partial charge on any atom is -0.338 e. The van der Waals surface area contributed by atoms with Gasteiger partial charge in [-0.1, -0.05) is 29.8 Å². The summed E-state index contributed by atoms with van der Waals surface area (Å²) in [5.74, 6) is 1.79. The van der Waals surface area contributed by atoms with E-state index in [0.717, 1.165) is 17.1 Å². The van der Waals surface area contributed by atoms with E-state index in [0.29, 0.717) is 38.9 Å². The Bertz CT molecular complexity index is 758. The Hall–Kier alpha value is -2.02. The Labute approximate surface area is 163 Å². The van der Waals surface area contributed by atoms with E-state index in [-0.39, 0.29) is 23.8 Å². The highest BCUT2D eigenvalue weighted by Crippen LogP contribution is 2.33. The summed E-state index contributed by atoms with van der Waals surface area (Å²) in [6.45, 7) is 3.54. The van der Waals surface area contributed by atoms with Crippen molar-refractivity contribution in [1.82, 2.24) is 15.1 Å². The molecule has 7 heteroatoms. The Kier molecular flexibility index (Phi) is 4.88. The SMILES string of the molecule is Cc1ccc(CN2CC(CN3C(=O)NC4(CCSCC4)C3=O)CC2=O)cc1. The van der Waals surface area contributed by atoms with Crippen LogP contribution in [0.4, 0.5) is 4.79 Å². The number of benzene rings is 1. The van der Waals surface area contributed by atoms with Gasteiger partial charge in [-0.15, -0.1) is 0 Å². The summed E-state index contributed by atoms with van der Waals surface area (Å²) in [6, 6.07) is 7.87. The maximum atomic E-state index is 12.9. The van der Waals surface area contributed by atoms with Crippen molar-refractivity contribution in [3.8, 4) is 0 Å². The summed E-state index contributed by atoms with van der Waals surface area (Å²) in [6.07, 6.45) is 1.79. The van der Waals surface area contributed by atoms with Gasteiger partial charge >= 0.3 is 6.03 Å². The van der Waals surface area contributed by atoms with Crippen molar-refractivity contribution in [2.45, 2.75) is 38.3 Å². The average molecular weight is 388 g/mol. The Balaban J connectivity index is 1.38. The van der Waals surface area contributed by atoms with Crippen LogP contribution in [-0.4, -0.2) is 57.8 Å². The van der Waals surface area contributed by atoms with Crippen LogP contribution in [0.5, 0.6) is 0 Å². The molecule has 3 saturated heterocycles. The second-order valence-corrected chi connectivity index (χ2v) is 9.10. The van der Waals surface area contributed by atoms with Crippen LogP contribution >= 0.6 is 11.8 Å². The summed E-state index contributed by atoms with van der Waals surface area (Å²) in [5, 5.41) is 2.94. The van der Waals surface area contributed by atoms with Crippen LogP contribution in [0.25, 0.3) is 0 Å². The summed E-state index contributed by atoms with van der Waals surface area (Å²) >= 11 is 1.82. The summed E-state index contributed by atoms with van der Waals surface area (Å²) in [7, 11) is 0. The molecule has 6 nitrogen and oxygen atoms in total. The molecule has 3 aliphatic heterocycles. The number of thioether (sulfide) groups is 1. The van der Waals surface area contributed by atoms with Crippen molar-refractivity contribution in [1.29, 1.82) is 0 Å². The molecule has 1 atom stereocenters. The zero-order chi connectivity index (χ0) is 19.0. The van der Waals surface area contributed by atoms with E-state index in [9.17, 15) is 14.4 Å². The average Bonchev–Trinajstić information content (AvgIpc) is 3.10. The first-order valence-electron chi connectivity index (χ1n) is 9.52. The second kappa shape index (κ2) is 7.19. The number of nitrogens with zero attached hydrogens (tertiary/aromatic N) is 2. The lowest BCUT2D eigenvalue weighted by Crippen LogP contribution is -2.49. The van der Waals surface area contributed by atoms with E-state index < -0.39 is 5.54 Å². The van der Waals surface area contributed by atoms with Crippen molar-refractivity contribution in [3.63, 3.8) is 0 Å². The molecule has 0 aliphatic carbocycles. The van der Waals surface area contributed by atoms with Gasteiger partial charge in [-0.2, -0.15) is 11.8 Å². The molecule has 27 heavy (non-hydrogen) atoms. The van der Waals surface area contributed by atoms with Crippen molar-refractivity contribution in [2.75, 3.05) is 24.6 Å². The largest absolute Gasteiger partial charge is 0.338 e. The number of rotatable bonds is 4. The monoisotopic (exact) mass is 387 g/mol. The molecule has 4 rings (SSSR count). The van der Waals surface area contributed by atoms with Gasteiger partial charge in [-0.3, -0.25) is 14.5 Å². The summed E-state index contributed by atoms with van der Waals surface area (Å²) < 4.78 is 0. The number of urea groups is 1. The molecule has 0 aromatic heterocycles. The molecule has 1 spiro atoms. The van der Waals surface area contributed by atoms with Gasteiger partial charge in [0.25, 0.3) is 5.91 Å². The summed E-state index contributed by atoms with van der Waals surface area (Å²) in [5.41, 5.74) is 1.59. The Morgan fingerprint density at radius 1 is 1.15 bits per heavy atom. The zero-order valence-electron chi connectivity index (χ0n) is 15.6. The number of hydrogen-bond acceptors (Lipinski definition) is 4. The van der Waals surface area contributed by atoms with Crippen molar-refractivity contribution >= 4 is 29.6 Å². The standard InChI is InChI=1S/C20H25N3O3S/c1-14-2-4-15(5-3-14)11-22-12-16(10-17(22)24)13-23-18(25)20(21-19(23)26)6-8-27-9-7-20/h2-5,16H,6-13H2,1H3,(H,21,26). The van der Waals surface area contributed by atoms with E-state index >= 15 is 0 Å². The Morgan fingerprint density at radius 3 is 2.56 bits per heavy atom. The third kappa shape index (κ3) is 3.57. The van der Waals surface area contributed by atoms with Gasteiger partial charge < -0.3 is 10.2 Å². The van der Waals surface area contributed by atoms with E-state index in [1.807, 2.05) is 47.9 Å². The molecule has 1 N–H and O–H groups in total. The minimum absolute atomic E-state index is 0.00534. The topological polar surface area (TPSA) is 69.7 Å². The van der Waals surface area contributed by atoms with E-state index in [4.69, 9.17) is 0 Å². The molecule has 144 valence electrons. The number of nitrogens with one attached hydrogen (secondary N) is 1. The zero-order valence-corrected chi connectivity index (χ0v) is 16.4. The first-order valence-corrected chi connectivity index (χ1v) is 10.7. The normalized spacial score (nSPS) is 24.8. The van der Waals surface area contributed by atoms with Crippen LogP contribution in [0, 0.1) is 12.8 Å². The van der Waals surface area contributed by atoms with E-state index in [1.165, 1.54) is 10.5 Å². The molecule has 0 radical (unpaired) electrons. The van der Waals surface area contributed by atoms with E-state index in [1.54, 1.807) is 0 Å². The van der Waals surface area contributed by atoms with Gasteiger partial charge in [0.05, 0.1) is 0 Å². The number of carbonyl (C=O) groups is 3. The fourth-order valence-corrected chi connectivity index (χ4v) is 5.39.